The Labute approximate surface area is 124 Å². The Morgan fingerprint density at radius 3 is 2.81 bits per heavy atom. The minimum atomic E-state index is -0.282. The third kappa shape index (κ3) is 3.30. The standard InChI is InChI=1S/C14H21N5O2/c15-14-13(16-3-4-17-14)11-9-19(7-8-21-11)12(20)10-18-5-1-2-6-18/h3-4,11H,1-2,5-10H2,(H2,15,17)/t11-/m0/s1. The van der Waals surface area contributed by atoms with Crippen molar-refractivity contribution in [3.63, 3.8) is 0 Å². The summed E-state index contributed by atoms with van der Waals surface area (Å²) in [5, 5.41) is 0. The number of carbonyl (C=O) groups is 1. The molecule has 3 rings (SSSR count). The summed E-state index contributed by atoms with van der Waals surface area (Å²) in [6.45, 7) is 4.18. The van der Waals surface area contributed by atoms with Crippen LogP contribution in [0.15, 0.2) is 12.4 Å². The zero-order valence-electron chi connectivity index (χ0n) is 12.1. The molecule has 2 saturated heterocycles. The number of nitrogen functional groups attached to an aromatic ring is 1. The molecule has 2 N–H and O–H groups in total. The van der Waals surface area contributed by atoms with Crippen LogP contribution in [0.2, 0.25) is 0 Å². The number of morpholine rings is 1. The van der Waals surface area contributed by atoms with Gasteiger partial charge in [-0.25, -0.2) is 4.98 Å². The molecule has 1 aromatic heterocycles. The Morgan fingerprint density at radius 1 is 1.29 bits per heavy atom. The molecule has 7 heteroatoms. The highest BCUT2D eigenvalue weighted by Crippen LogP contribution is 2.23. The monoisotopic (exact) mass is 291 g/mol. The minimum absolute atomic E-state index is 0.160. The van der Waals surface area contributed by atoms with Crippen LogP contribution in [0.1, 0.15) is 24.6 Å². The average molecular weight is 291 g/mol. The van der Waals surface area contributed by atoms with Gasteiger partial charge in [-0.2, -0.15) is 0 Å². The van der Waals surface area contributed by atoms with Crippen molar-refractivity contribution in [1.29, 1.82) is 0 Å². The van der Waals surface area contributed by atoms with Gasteiger partial charge in [-0.1, -0.05) is 0 Å². The molecular formula is C14H21N5O2. The van der Waals surface area contributed by atoms with Crippen molar-refractivity contribution in [2.24, 2.45) is 0 Å². The van der Waals surface area contributed by atoms with E-state index >= 15 is 0 Å². The Hall–Kier alpha value is -1.73. The Morgan fingerprint density at radius 2 is 2.05 bits per heavy atom. The fourth-order valence-electron chi connectivity index (χ4n) is 2.88. The SMILES string of the molecule is Nc1nccnc1[C@@H]1CN(C(=O)CN2CCCC2)CCO1. The van der Waals surface area contributed by atoms with E-state index in [1.807, 2.05) is 4.90 Å². The van der Waals surface area contributed by atoms with Gasteiger partial charge < -0.3 is 15.4 Å². The number of rotatable bonds is 3. The van der Waals surface area contributed by atoms with E-state index in [1.54, 1.807) is 12.4 Å². The van der Waals surface area contributed by atoms with Crippen LogP contribution in [-0.2, 0) is 9.53 Å². The van der Waals surface area contributed by atoms with Crippen LogP contribution in [0.3, 0.4) is 0 Å². The zero-order chi connectivity index (χ0) is 14.7. The van der Waals surface area contributed by atoms with E-state index in [0.29, 0.717) is 37.8 Å². The quantitative estimate of drug-likeness (QED) is 0.847. The lowest BCUT2D eigenvalue weighted by atomic mass is 10.2. The topological polar surface area (TPSA) is 84.6 Å². The van der Waals surface area contributed by atoms with Crippen LogP contribution in [-0.4, -0.2) is 65.0 Å². The summed E-state index contributed by atoms with van der Waals surface area (Å²) in [6.07, 6.45) is 5.25. The molecule has 0 saturated carbocycles. The molecule has 0 radical (unpaired) electrons. The molecule has 7 nitrogen and oxygen atoms in total. The smallest absolute Gasteiger partial charge is 0.236 e. The normalized spacial score (nSPS) is 23.4. The largest absolute Gasteiger partial charge is 0.382 e. The Balaban J connectivity index is 1.62. The number of amides is 1. The summed E-state index contributed by atoms with van der Waals surface area (Å²) in [5.74, 6) is 0.531. The molecule has 2 aliphatic heterocycles. The molecule has 0 spiro atoms. The number of anilines is 1. The van der Waals surface area contributed by atoms with E-state index in [-0.39, 0.29) is 12.0 Å². The summed E-state index contributed by atoms with van der Waals surface area (Å²) < 4.78 is 5.71. The van der Waals surface area contributed by atoms with E-state index in [2.05, 4.69) is 14.9 Å². The lowest BCUT2D eigenvalue weighted by molar-refractivity contribution is -0.140. The van der Waals surface area contributed by atoms with Crippen LogP contribution in [0, 0.1) is 0 Å². The van der Waals surface area contributed by atoms with E-state index in [1.165, 1.54) is 12.8 Å². The van der Waals surface area contributed by atoms with Crippen molar-refractivity contribution in [2.75, 3.05) is 45.1 Å². The number of nitrogens with zero attached hydrogens (tertiary/aromatic N) is 4. The highest BCUT2D eigenvalue weighted by Gasteiger charge is 2.29. The van der Waals surface area contributed by atoms with Gasteiger partial charge in [0.25, 0.3) is 0 Å². The van der Waals surface area contributed by atoms with Crippen LogP contribution in [0.5, 0.6) is 0 Å². The van der Waals surface area contributed by atoms with Crippen molar-refractivity contribution in [3.8, 4) is 0 Å². The molecule has 114 valence electrons. The van der Waals surface area contributed by atoms with Crippen LogP contribution >= 0.6 is 0 Å². The number of hydrogen-bond acceptors (Lipinski definition) is 6. The Bertz CT molecular complexity index is 504. The van der Waals surface area contributed by atoms with Crippen molar-refractivity contribution < 1.29 is 9.53 Å². The second-order valence-corrected chi connectivity index (χ2v) is 5.51. The van der Waals surface area contributed by atoms with Gasteiger partial charge in [0.1, 0.15) is 17.6 Å². The molecule has 21 heavy (non-hydrogen) atoms. The third-order valence-corrected chi connectivity index (χ3v) is 4.04. The number of nitrogens with two attached hydrogens (primary N) is 1. The molecule has 0 aromatic carbocycles. The van der Waals surface area contributed by atoms with Crippen molar-refractivity contribution in [2.45, 2.75) is 18.9 Å². The van der Waals surface area contributed by atoms with Gasteiger partial charge in [-0.3, -0.25) is 14.7 Å². The maximum absolute atomic E-state index is 12.4. The number of ether oxygens (including phenoxy) is 1. The number of hydrogen-bond donors (Lipinski definition) is 1. The number of likely N-dealkylation sites (tertiary alicyclic amines) is 1. The van der Waals surface area contributed by atoms with Gasteiger partial charge >= 0.3 is 0 Å². The fraction of sp³-hybridized carbons (Fsp3) is 0.643. The molecule has 1 aromatic rings. The molecular weight excluding hydrogens is 270 g/mol. The van der Waals surface area contributed by atoms with Gasteiger partial charge in [0, 0.05) is 18.9 Å². The highest BCUT2D eigenvalue weighted by molar-refractivity contribution is 5.78. The predicted molar refractivity (Wildman–Crippen MR) is 77.4 cm³/mol. The van der Waals surface area contributed by atoms with Gasteiger partial charge in [-0.15, -0.1) is 0 Å². The molecule has 2 fully saturated rings. The van der Waals surface area contributed by atoms with Gasteiger partial charge in [-0.05, 0) is 25.9 Å². The first kappa shape index (κ1) is 14.2. The maximum Gasteiger partial charge on any atom is 0.236 e. The second kappa shape index (κ2) is 6.36. The maximum atomic E-state index is 12.4. The molecule has 3 heterocycles. The summed E-state index contributed by atoms with van der Waals surface area (Å²) in [7, 11) is 0. The van der Waals surface area contributed by atoms with E-state index in [0.717, 1.165) is 13.1 Å². The number of carbonyl (C=O) groups excluding carboxylic acids is 1. The lowest BCUT2D eigenvalue weighted by Gasteiger charge is -2.33. The van der Waals surface area contributed by atoms with E-state index in [9.17, 15) is 4.79 Å². The van der Waals surface area contributed by atoms with Gasteiger partial charge in [0.05, 0.1) is 19.7 Å². The second-order valence-electron chi connectivity index (χ2n) is 5.51. The molecule has 2 aliphatic rings. The van der Waals surface area contributed by atoms with Crippen molar-refractivity contribution in [1.82, 2.24) is 19.8 Å². The molecule has 1 amide bonds. The van der Waals surface area contributed by atoms with Crippen LogP contribution in [0.25, 0.3) is 0 Å². The van der Waals surface area contributed by atoms with Crippen LogP contribution < -0.4 is 5.73 Å². The van der Waals surface area contributed by atoms with Gasteiger partial charge in [0.15, 0.2) is 0 Å². The molecule has 0 bridgehead atoms. The summed E-state index contributed by atoms with van der Waals surface area (Å²) in [5.41, 5.74) is 6.46. The molecule has 1 atom stereocenters. The molecule has 0 unspecified atom stereocenters. The van der Waals surface area contributed by atoms with E-state index in [4.69, 9.17) is 10.5 Å². The lowest BCUT2D eigenvalue weighted by Crippen LogP contribution is -2.46. The number of aromatic nitrogens is 2. The first-order chi connectivity index (χ1) is 10.2. The van der Waals surface area contributed by atoms with Crippen LogP contribution in [0.4, 0.5) is 5.82 Å². The zero-order valence-corrected chi connectivity index (χ0v) is 12.1. The minimum Gasteiger partial charge on any atom is -0.382 e. The van der Waals surface area contributed by atoms with E-state index < -0.39 is 0 Å². The Kier molecular flexibility index (Phi) is 4.31. The summed E-state index contributed by atoms with van der Waals surface area (Å²) in [4.78, 5) is 24.7. The highest BCUT2D eigenvalue weighted by atomic mass is 16.5. The molecule has 0 aliphatic carbocycles. The van der Waals surface area contributed by atoms with Crippen molar-refractivity contribution >= 4 is 11.7 Å². The summed E-state index contributed by atoms with van der Waals surface area (Å²) in [6, 6.07) is 0. The first-order valence-electron chi connectivity index (χ1n) is 7.42. The fourth-order valence-corrected chi connectivity index (χ4v) is 2.88. The van der Waals surface area contributed by atoms with Crippen molar-refractivity contribution in [3.05, 3.63) is 18.1 Å². The average Bonchev–Trinajstić information content (AvgIpc) is 3.01. The first-order valence-corrected chi connectivity index (χ1v) is 7.42. The summed E-state index contributed by atoms with van der Waals surface area (Å²) >= 11 is 0. The van der Waals surface area contributed by atoms with Gasteiger partial charge in [0.2, 0.25) is 5.91 Å². The predicted octanol–water partition coefficient (Wildman–Crippen LogP) is 0.0545. The third-order valence-electron chi connectivity index (χ3n) is 4.04.